The van der Waals surface area contributed by atoms with Crippen molar-refractivity contribution in [3.8, 4) is 17.2 Å². The second-order valence-electron chi connectivity index (χ2n) is 6.58. The minimum Gasteiger partial charge on any atom is -0.495 e. The number of hydrogen-bond donors (Lipinski definition) is 1. The first-order chi connectivity index (χ1) is 14.9. The lowest BCUT2D eigenvalue weighted by molar-refractivity contribution is 0.269. The Morgan fingerprint density at radius 2 is 1.52 bits per heavy atom. The predicted octanol–water partition coefficient (Wildman–Crippen LogP) is 7.90. The molecule has 0 aromatic heterocycles. The van der Waals surface area contributed by atoms with E-state index < -0.39 is 0 Å². The van der Waals surface area contributed by atoms with E-state index in [-0.39, 0.29) is 6.61 Å². The van der Waals surface area contributed by atoms with Crippen molar-refractivity contribution < 1.29 is 14.2 Å². The third kappa shape index (κ3) is 6.27. The standard InChI is InChI=1S/C23H21Cl4NO3/c1-3-30-22-10-15(12-28-16-5-7-21(29-2)19(26)11-16)9-20(27)23(22)31-13-14-4-6-17(24)18(25)8-14/h4-11,28H,3,12-13H2,1-2H3. The molecule has 0 radical (unpaired) electrons. The first-order valence-corrected chi connectivity index (χ1v) is 11.0. The molecule has 0 spiro atoms. The fourth-order valence-electron chi connectivity index (χ4n) is 2.89. The van der Waals surface area contributed by atoms with Crippen molar-refractivity contribution in [2.75, 3.05) is 19.0 Å². The van der Waals surface area contributed by atoms with E-state index in [1.807, 2.05) is 37.3 Å². The summed E-state index contributed by atoms with van der Waals surface area (Å²) in [6.07, 6.45) is 0. The Balaban J connectivity index is 1.74. The van der Waals surface area contributed by atoms with Gasteiger partial charge in [-0.25, -0.2) is 0 Å². The molecule has 0 heterocycles. The van der Waals surface area contributed by atoms with Crippen molar-refractivity contribution in [3.05, 3.63) is 79.7 Å². The van der Waals surface area contributed by atoms with Crippen LogP contribution < -0.4 is 19.5 Å². The van der Waals surface area contributed by atoms with Crippen molar-refractivity contribution in [2.45, 2.75) is 20.1 Å². The lowest BCUT2D eigenvalue weighted by Crippen LogP contribution is -2.04. The summed E-state index contributed by atoms with van der Waals surface area (Å²) in [5.74, 6) is 1.67. The summed E-state index contributed by atoms with van der Waals surface area (Å²) < 4.78 is 16.9. The number of rotatable bonds is 9. The van der Waals surface area contributed by atoms with Gasteiger partial charge in [0.15, 0.2) is 11.5 Å². The van der Waals surface area contributed by atoms with Crippen LogP contribution in [0.4, 0.5) is 5.69 Å². The lowest BCUT2D eigenvalue weighted by atomic mass is 10.2. The number of ether oxygens (including phenoxy) is 3. The van der Waals surface area contributed by atoms with Gasteiger partial charge in [-0.2, -0.15) is 0 Å². The van der Waals surface area contributed by atoms with Crippen LogP contribution in [0, 0.1) is 0 Å². The highest BCUT2D eigenvalue weighted by Gasteiger charge is 2.14. The van der Waals surface area contributed by atoms with Gasteiger partial charge in [0.1, 0.15) is 12.4 Å². The fraction of sp³-hybridized carbons (Fsp3) is 0.217. The van der Waals surface area contributed by atoms with Gasteiger partial charge in [0.25, 0.3) is 0 Å². The quantitative estimate of drug-likeness (QED) is 0.324. The van der Waals surface area contributed by atoms with Crippen LogP contribution in [0.1, 0.15) is 18.1 Å². The van der Waals surface area contributed by atoms with Gasteiger partial charge in [0.05, 0.1) is 33.8 Å². The maximum atomic E-state index is 6.52. The van der Waals surface area contributed by atoms with E-state index in [9.17, 15) is 0 Å². The first-order valence-electron chi connectivity index (χ1n) is 9.50. The molecule has 0 bridgehead atoms. The molecule has 0 saturated carbocycles. The van der Waals surface area contributed by atoms with Gasteiger partial charge in [0, 0.05) is 12.2 Å². The number of anilines is 1. The van der Waals surface area contributed by atoms with Gasteiger partial charge in [-0.1, -0.05) is 52.5 Å². The molecule has 4 nitrogen and oxygen atoms in total. The summed E-state index contributed by atoms with van der Waals surface area (Å²) in [6, 6.07) is 14.6. The number of halogens is 4. The number of methoxy groups -OCH3 is 1. The highest BCUT2D eigenvalue weighted by atomic mass is 35.5. The lowest BCUT2D eigenvalue weighted by Gasteiger charge is -2.16. The molecule has 31 heavy (non-hydrogen) atoms. The Morgan fingerprint density at radius 3 is 2.19 bits per heavy atom. The second kappa shape index (κ2) is 11.1. The average molecular weight is 501 g/mol. The van der Waals surface area contributed by atoms with Crippen molar-refractivity contribution in [1.82, 2.24) is 0 Å². The van der Waals surface area contributed by atoms with E-state index in [1.165, 1.54) is 0 Å². The molecule has 0 saturated heterocycles. The minimum absolute atomic E-state index is 0.276. The third-order valence-electron chi connectivity index (χ3n) is 4.38. The molecular formula is C23H21Cl4NO3. The van der Waals surface area contributed by atoms with Gasteiger partial charge in [-0.15, -0.1) is 0 Å². The zero-order chi connectivity index (χ0) is 22.4. The van der Waals surface area contributed by atoms with Crippen LogP contribution in [0.5, 0.6) is 17.2 Å². The Bertz CT molecular complexity index is 1060. The van der Waals surface area contributed by atoms with Gasteiger partial charge in [0.2, 0.25) is 0 Å². The Labute approximate surface area is 201 Å². The summed E-state index contributed by atoms with van der Waals surface area (Å²) in [4.78, 5) is 0. The molecule has 3 aromatic rings. The molecule has 0 aliphatic carbocycles. The molecule has 0 aliphatic rings. The van der Waals surface area contributed by atoms with E-state index >= 15 is 0 Å². The monoisotopic (exact) mass is 499 g/mol. The zero-order valence-electron chi connectivity index (χ0n) is 17.0. The molecule has 0 unspecified atom stereocenters. The van der Waals surface area contributed by atoms with Gasteiger partial charge in [-0.05, 0) is 60.5 Å². The molecule has 0 amide bonds. The summed E-state index contributed by atoms with van der Waals surface area (Å²) in [7, 11) is 1.58. The van der Waals surface area contributed by atoms with Crippen molar-refractivity contribution in [1.29, 1.82) is 0 Å². The van der Waals surface area contributed by atoms with E-state index in [1.54, 1.807) is 25.3 Å². The normalized spacial score (nSPS) is 10.6. The van der Waals surface area contributed by atoms with E-state index in [4.69, 9.17) is 60.6 Å². The van der Waals surface area contributed by atoms with Crippen molar-refractivity contribution in [2.24, 2.45) is 0 Å². The van der Waals surface area contributed by atoms with Crippen LogP contribution in [0.25, 0.3) is 0 Å². The number of nitrogens with one attached hydrogen (secondary N) is 1. The molecule has 3 rings (SSSR count). The molecule has 3 aromatic carbocycles. The van der Waals surface area contributed by atoms with Crippen LogP contribution >= 0.6 is 46.4 Å². The minimum atomic E-state index is 0.276. The van der Waals surface area contributed by atoms with E-state index in [0.717, 1.165) is 16.8 Å². The van der Waals surface area contributed by atoms with Gasteiger partial charge < -0.3 is 19.5 Å². The predicted molar refractivity (Wildman–Crippen MR) is 129 cm³/mol. The average Bonchev–Trinajstić information content (AvgIpc) is 2.74. The summed E-state index contributed by atoms with van der Waals surface area (Å²) in [5, 5.41) is 5.27. The zero-order valence-corrected chi connectivity index (χ0v) is 20.0. The topological polar surface area (TPSA) is 39.7 Å². The molecular weight excluding hydrogens is 480 g/mol. The smallest absolute Gasteiger partial charge is 0.180 e. The maximum absolute atomic E-state index is 6.52. The van der Waals surface area contributed by atoms with Gasteiger partial charge >= 0.3 is 0 Å². The molecule has 8 heteroatoms. The molecule has 0 fully saturated rings. The molecule has 0 aliphatic heterocycles. The largest absolute Gasteiger partial charge is 0.495 e. The fourth-order valence-corrected chi connectivity index (χ4v) is 3.76. The molecule has 164 valence electrons. The van der Waals surface area contributed by atoms with Crippen LogP contribution in [0.2, 0.25) is 20.1 Å². The highest BCUT2D eigenvalue weighted by molar-refractivity contribution is 6.42. The first kappa shape index (κ1) is 23.7. The Hall–Kier alpha value is -1.98. The summed E-state index contributed by atoms with van der Waals surface area (Å²) >= 11 is 24.8. The highest BCUT2D eigenvalue weighted by Crippen LogP contribution is 2.38. The molecule has 1 N–H and O–H groups in total. The third-order valence-corrected chi connectivity index (χ3v) is 5.70. The van der Waals surface area contributed by atoms with Crippen molar-refractivity contribution >= 4 is 52.1 Å². The van der Waals surface area contributed by atoms with Crippen LogP contribution in [-0.4, -0.2) is 13.7 Å². The summed E-state index contributed by atoms with van der Waals surface area (Å²) in [5.41, 5.74) is 2.66. The van der Waals surface area contributed by atoms with E-state index in [0.29, 0.717) is 50.5 Å². The molecule has 0 atom stereocenters. The number of benzene rings is 3. The van der Waals surface area contributed by atoms with Crippen LogP contribution in [0.3, 0.4) is 0 Å². The maximum Gasteiger partial charge on any atom is 0.180 e. The Kier molecular flexibility index (Phi) is 8.44. The van der Waals surface area contributed by atoms with E-state index in [2.05, 4.69) is 5.32 Å². The van der Waals surface area contributed by atoms with Crippen molar-refractivity contribution in [3.63, 3.8) is 0 Å². The van der Waals surface area contributed by atoms with Crippen LogP contribution in [-0.2, 0) is 13.2 Å². The Morgan fingerprint density at radius 1 is 0.742 bits per heavy atom. The summed E-state index contributed by atoms with van der Waals surface area (Å²) in [6.45, 7) is 3.18. The number of hydrogen-bond acceptors (Lipinski definition) is 4. The van der Waals surface area contributed by atoms with Gasteiger partial charge in [-0.3, -0.25) is 0 Å². The second-order valence-corrected chi connectivity index (χ2v) is 8.21. The SMILES string of the molecule is CCOc1cc(CNc2ccc(OC)c(Cl)c2)cc(Cl)c1OCc1ccc(Cl)c(Cl)c1. The van der Waals surface area contributed by atoms with Crippen LogP contribution in [0.15, 0.2) is 48.5 Å².